The van der Waals surface area contributed by atoms with Crippen LogP contribution in [-0.4, -0.2) is 53.3 Å². The van der Waals surface area contributed by atoms with Crippen molar-refractivity contribution in [3.63, 3.8) is 0 Å². The molecule has 22 heavy (non-hydrogen) atoms. The fraction of sp³-hybridized carbons (Fsp3) is 0.625. The van der Waals surface area contributed by atoms with E-state index < -0.39 is 36.5 Å². The van der Waals surface area contributed by atoms with E-state index in [1.54, 1.807) is 13.8 Å². The van der Waals surface area contributed by atoms with Gasteiger partial charge in [0.15, 0.2) is 12.1 Å². The highest BCUT2D eigenvalue weighted by Crippen LogP contribution is 2.37. The van der Waals surface area contributed by atoms with Gasteiger partial charge in [0.05, 0.1) is 13.2 Å². The second-order valence-electron chi connectivity index (χ2n) is 6.08. The molecule has 0 radical (unpaired) electrons. The Hall–Kier alpha value is -1.02. The van der Waals surface area contributed by atoms with Gasteiger partial charge >= 0.3 is 0 Å². The second-order valence-corrected chi connectivity index (χ2v) is 6.08. The topological polar surface area (TPSA) is 77.4 Å². The van der Waals surface area contributed by atoms with Crippen LogP contribution in [0.4, 0.5) is 0 Å². The van der Waals surface area contributed by atoms with E-state index in [-0.39, 0.29) is 6.61 Å². The summed E-state index contributed by atoms with van der Waals surface area (Å²) in [7, 11) is 0. The first-order valence-electron chi connectivity index (χ1n) is 7.46. The lowest BCUT2D eigenvalue weighted by atomic mass is 9.99. The lowest BCUT2D eigenvalue weighted by molar-refractivity contribution is -0.285. The van der Waals surface area contributed by atoms with Gasteiger partial charge in [-0.15, -0.1) is 0 Å². The van der Waals surface area contributed by atoms with Gasteiger partial charge in [-0.1, -0.05) is 30.3 Å². The molecule has 0 amide bonds. The molecule has 0 spiro atoms. The Balaban J connectivity index is 1.68. The molecular formula is C16H22O6. The highest BCUT2D eigenvalue weighted by atomic mass is 16.8. The SMILES string of the molecule is CC1(C)OC2C(CO)OC(OCc3ccccc3)C(O)C2O1. The van der Waals surface area contributed by atoms with E-state index in [0.717, 1.165) is 5.56 Å². The second kappa shape index (κ2) is 6.23. The highest BCUT2D eigenvalue weighted by molar-refractivity contribution is 5.13. The molecule has 0 aliphatic carbocycles. The van der Waals surface area contributed by atoms with E-state index in [1.165, 1.54) is 0 Å². The minimum absolute atomic E-state index is 0.224. The monoisotopic (exact) mass is 310 g/mol. The minimum atomic E-state index is -0.974. The van der Waals surface area contributed by atoms with Crippen molar-refractivity contribution in [1.29, 1.82) is 0 Å². The average Bonchev–Trinajstić information content (AvgIpc) is 2.84. The Morgan fingerprint density at radius 3 is 2.50 bits per heavy atom. The minimum Gasteiger partial charge on any atom is -0.394 e. The first-order chi connectivity index (χ1) is 10.5. The standard InChI is InChI=1S/C16H22O6/c1-16(2)21-13-11(8-17)20-15(12(18)14(13)22-16)19-9-10-6-4-3-5-7-10/h3-7,11-15,17-18H,8-9H2,1-2H3. The molecule has 2 N–H and O–H groups in total. The Kier molecular flexibility index (Phi) is 4.49. The molecule has 1 aromatic rings. The van der Waals surface area contributed by atoms with Crippen molar-refractivity contribution in [2.75, 3.05) is 6.61 Å². The Bertz CT molecular complexity index is 491. The summed E-state index contributed by atoms with van der Waals surface area (Å²) in [5, 5.41) is 19.9. The molecule has 2 aliphatic heterocycles. The molecule has 1 aromatic carbocycles. The van der Waals surface area contributed by atoms with Crippen molar-refractivity contribution in [1.82, 2.24) is 0 Å². The third-order valence-corrected chi connectivity index (χ3v) is 3.89. The summed E-state index contributed by atoms with van der Waals surface area (Å²) < 4.78 is 22.8. The van der Waals surface area contributed by atoms with E-state index in [4.69, 9.17) is 18.9 Å². The maximum Gasteiger partial charge on any atom is 0.187 e. The summed E-state index contributed by atoms with van der Waals surface area (Å²) in [4.78, 5) is 0. The average molecular weight is 310 g/mol. The molecule has 0 bridgehead atoms. The quantitative estimate of drug-likeness (QED) is 0.857. The predicted octanol–water partition coefficient (Wildman–Crippen LogP) is 0.801. The summed E-state index contributed by atoms with van der Waals surface area (Å²) in [6.45, 7) is 3.62. The predicted molar refractivity (Wildman–Crippen MR) is 76.8 cm³/mol. The van der Waals surface area contributed by atoms with Crippen LogP contribution in [0.15, 0.2) is 30.3 Å². The van der Waals surface area contributed by atoms with Crippen molar-refractivity contribution in [2.24, 2.45) is 0 Å². The largest absolute Gasteiger partial charge is 0.394 e. The lowest BCUT2D eigenvalue weighted by Gasteiger charge is -2.39. The van der Waals surface area contributed by atoms with Crippen LogP contribution < -0.4 is 0 Å². The summed E-state index contributed by atoms with van der Waals surface area (Å²) in [6, 6.07) is 9.62. The first-order valence-corrected chi connectivity index (χ1v) is 7.46. The number of rotatable bonds is 4. The molecule has 5 unspecified atom stereocenters. The number of aliphatic hydroxyl groups excluding tert-OH is 2. The van der Waals surface area contributed by atoms with Gasteiger partial charge in [-0.05, 0) is 19.4 Å². The van der Waals surface area contributed by atoms with Gasteiger partial charge in [-0.25, -0.2) is 0 Å². The van der Waals surface area contributed by atoms with Crippen LogP contribution in [0.25, 0.3) is 0 Å². The zero-order chi connectivity index (χ0) is 15.7. The zero-order valence-corrected chi connectivity index (χ0v) is 12.7. The van der Waals surface area contributed by atoms with Crippen molar-refractivity contribution >= 4 is 0 Å². The van der Waals surface area contributed by atoms with E-state index in [9.17, 15) is 10.2 Å². The molecule has 0 aromatic heterocycles. The van der Waals surface area contributed by atoms with Gasteiger partial charge in [0.25, 0.3) is 0 Å². The van der Waals surface area contributed by atoms with Crippen molar-refractivity contribution in [3.05, 3.63) is 35.9 Å². The first kappa shape index (κ1) is 15.9. The number of hydrogen-bond acceptors (Lipinski definition) is 6. The maximum atomic E-state index is 10.4. The third-order valence-electron chi connectivity index (χ3n) is 3.89. The molecule has 2 fully saturated rings. The van der Waals surface area contributed by atoms with Crippen LogP contribution in [0.3, 0.4) is 0 Å². The zero-order valence-electron chi connectivity index (χ0n) is 12.7. The molecule has 6 heteroatoms. The number of fused-ring (bicyclic) bond motifs is 1. The number of hydrogen-bond donors (Lipinski definition) is 2. The fourth-order valence-electron chi connectivity index (χ4n) is 2.89. The summed E-state index contributed by atoms with van der Waals surface area (Å²) >= 11 is 0. The molecule has 0 saturated carbocycles. The van der Waals surface area contributed by atoms with E-state index in [2.05, 4.69) is 0 Å². The van der Waals surface area contributed by atoms with Crippen LogP contribution in [0.1, 0.15) is 19.4 Å². The van der Waals surface area contributed by atoms with Crippen LogP contribution in [0, 0.1) is 0 Å². The Morgan fingerprint density at radius 1 is 1.14 bits per heavy atom. The van der Waals surface area contributed by atoms with Gasteiger partial charge in [0.2, 0.25) is 0 Å². The van der Waals surface area contributed by atoms with E-state index >= 15 is 0 Å². The maximum absolute atomic E-state index is 10.4. The molecule has 3 rings (SSSR count). The highest BCUT2D eigenvalue weighted by Gasteiger charge is 2.55. The molecule has 2 aliphatic rings. The Morgan fingerprint density at radius 2 is 1.82 bits per heavy atom. The van der Waals surface area contributed by atoms with Crippen molar-refractivity contribution in [2.45, 2.75) is 56.9 Å². The smallest absolute Gasteiger partial charge is 0.187 e. The molecular weight excluding hydrogens is 288 g/mol. The van der Waals surface area contributed by atoms with Crippen LogP contribution in [-0.2, 0) is 25.6 Å². The summed E-state index contributed by atoms with van der Waals surface area (Å²) in [5.74, 6) is -0.818. The van der Waals surface area contributed by atoms with Crippen molar-refractivity contribution in [3.8, 4) is 0 Å². The van der Waals surface area contributed by atoms with Crippen LogP contribution in [0.5, 0.6) is 0 Å². The van der Waals surface area contributed by atoms with Gasteiger partial charge in [0.1, 0.15) is 24.4 Å². The molecule has 2 saturated heterocycles. The van der Waals surface area contributed by atoms with Gasteiger partial charge in [-0.3, -0.25) is 0 Å². The van der Waals surface area contributed by atoms with Gasteiger partial charge in [-0.2, -0.15) is 0 Å². The molecule has 2 heterocycles. The number of ether oxygens (including phenoxy) is 4. The van der Waals surface area contributed by atoms with Crippen molar-refractivity contribution < 1.29 is 29.2 Å². The molecule has 6 nitrogen and oxygen atoms in total. The lowest BCUT2D eigenvalue weighted by Crippen LogP contribution is -2.57. The van der Waals surface area contributed by atoms with E-state index in [1.807, 2.05) is 30.3 Å². The summed E-state index contributed by atoms with van der Waals surface area (Å²) in [6.07, 6.45) is -3.52. The number of benzene rings is 1. The van der Waals surface area contributed by atoms with Crippen LogP contribution >= 0.6 is 0 Å². The fourth-order valence-corrected chi connectivity index (χ4v) is 2.89. The number of aliphatic hydroxyl groups is 2. The third kappa shape index (κ3) is 3.17. The van der Waals surface area contributed by atoms with Crippen LogP contribution in [0.2, 0.25) is 0 Å². The molecule has 5 atom stereocenters. The van der Waals surface area contributed by atoms with E-state index in [0.29, 0.717) is 6.61 Å². The Labute approximate surface area is 129 Å². The van der Waals surface area contributed by atoms with Gasteiger partial charge < -0.3 is 29.2 Å². The normalized spacial score (nSPS) is 37.0. The summed E-state index contributed by atoms with van der Waals surface area (Å²) in [5.41, 5.74) is 0.977. The van der Waals surface area contributed by atoms with Gasteiger partial charge in [0, 0.05) is 0 Å². The molecule has 122 valence electrons.